The summed E-state index contributed by atoms with van der Waals surface area (Å²) in [5, 5.41) is 10.7. The van der Waals surface area contributed by atoms with Gasteiger partial charge in [-0.1, -0.05) is 0 Å². The van der Waals surface area contributed by atoms with Crippen LogP contribution in [0, 0.1) is 0 Å². The molecule has 0 aromatic carbocycles. The molecule has 2 aliphatic heterocycles. The Morgan fingerprint density at radius 2 is 2.58 bits per heavy atom. The summed E-state index contributed by atoms with van der Waals surface area (Å²) in [5.41, 5.74) is 1.21. The summed E-state index contributed by atoms with van der Waals surface area (Å²) >= 11 is 1.70. The minimum atomic E-state index is 0.344. The molecule has 0 spiro atoms. The maximum absolute atomic E-state index is 5.36. The number of morpholine rings is 1. The van der Waals surface area contributed by atoms with Gasteiger partial charge in [0, 0.05) is 18.4 Å². The summed E-state index contributed by atoms with van der Waals surface area (Å²) in [4.78, 5) is 0. The second kappa shape index (κ2) is 3.98. The molecule has 3 nitrogen and oxygen atoms in total. The van der Waals surface area contributed by atoms with Crippen LogP contribution in [0.5, 0.6) is 0 Å². The number of hydrogen-bond acceptors (Lipinski definition) is 4. The lowest BCUT2D eigenvalue weighted by Gasteiger charge is -2.26. The Hall–Kier alpha value is -0.450. The van der Waals surface area contributed by atoms with Gasteiger partial charge in [-0.05, 0) is 10.8 Å². The predicted molar refractivity (Wildman–Crippen MR) is 50.6 cm³/mol. The van der Waals surface area contributed by atoms with Gasteiger partial charge in [-0.25, -0.2) is 0 Å². The van der Waals surface area contributed by atoms with E-state index in [1.165, 1.54) is 5.70 Å². The van der Waals surface area contributed by atoms with Gasteiger partial charge >= 0.3 is 0 Å². The molecule has 0 aromatic rings. The van der Waals surface area contributed by atoms with Crippen LogP contribution in [0.3, 0.4) is 0 Å². The van der Waals surface area contributed by atoms with E-state index in [1.807, 2.05) is 11.6 Å². The second-order valence-corrected chi connectivity index (χ2v) is 3.52. The molecule has 2 N–H and O–H groups in total. The lowest BCUT2D eigenvalue weighted by atomic mass is 10.2. The van der Waals surface area contributed by atoms with Gasteiger partial charge in [0.25, 0.3) is 0 Å². The zero-order valence-electron chi connectivity index (χ0n) is 6.75. The molecule has 12 heavy (non-hydrogen) atoms. The number of nitrogens with one attached hydrogen (secondary N) is 2. The van der Waals surface area contributed by atoms with E-state index in [-0.39, 0.29) is 0 Å². The zero-order chi connectivity index (χ0) is 8.23. The van der Waals surface area contributed by atoms with Gasteiger partial charge in [-0.2, -0.15) is 0 Å². The standard InChI is InChI=1S/C8H12N2OS/c1-3-11-5-7(9-1)8-6-12-4-2-10-8/h2,4,6-7,9-10H,1,3,5H2. The van der Waals surface area contributed by atoms with Crippen molar-refractivity contribution in [2.45, 2.75) is 6.04 Å². The molecule has 2 heterocycles. The molecule has 1 saturated heterocycles. The highest BCUT2D eigenvalue weighted by Crippen LogP contribution is 2.15. The molecular formula is C8H12N2OS. The largest absolute Gasteiger partial charge is 0.378 e. The van der Waals surface area contributed by atoms with Crippen LogP contribution < -0.4 is 10.6 Å². The summed E-state index contributed by atoms with van der Waals surface area (Å²) < 4.78 is 5.36. The third kappa shape index (κ3) is 1.83. The molecule has 0 radical (unpaired) electrons. The van der Waals surface area contributed by atoms with E-state index in [2.05, 4.69) is 16.0 Å². The first-order valence-corrected chi connectivity index (χ1v) is 4.99. The first kappa shape index (κ1) is 8.16. The van der Waals surface area contributed by atoms with Gasteiger partial charge in [0.1, 0.15) is 0 Å². The molecule has 0 amide bonds. The number of ether oxygens (including phenoxy) is 1. The highest BCUT2D eigenvalue weighted by molar-refractivity contribution is 8.04. The van der Waals surface area contributed by atoms with Gasteiger partial charge in [0.2, 0.25) is 0 Å². The topological polar surface area (TPSA) is 33.3 Å². The van der Waals surface area contributed by atoms with Crippen LogP contribution in [0.4, 0.5) is 0 Å². The van der Waals surface area contributed by atoms with Crippen LogP contribution in [-0.2, 0) is 4.74 Å². The molecule has 1 fully saturated rings. The molecule has 0 bridgehead atoms. The van der Waals surface area contributed by atoms with Crippen LogP contribution in [0.1, 0.15) is 0 Å². The average Bonchev–Trinajstić information content (AvgIpc) is 2.21. The molecule has 2 rings (SSSR count). The zero-order valence-corrected chi connectivity index (χ0v) is 7.56. The van der Waals surface area contributed by atoms with Crippen LogP contribution in [0.15, 0.2) is 22.7 Å². The van der Waals surface area contributed by atoms with Crippen molar-refractivity contribution in [3.63, 3.8) is 0 Å². The molecule has 1 unspecified atom stereocenters. The third-order valence-electron chi connectivity index (χ3n) is 1.89. The van der Waals surface area contributed by atoms with Crippen LogP contribution in [-0.4, -0.2) is 25.8 Å². The number of hydrogen-bond donors (Lipinski definition) is 2. The first-order valence-electron chi connectivity index (χ1n) is 4.05. The second-order valence-electron chi connectivity index (χ2n) is 2.74. The van der Waals surface area contributed by atoms with E-state index in [9.17, 15) is 0 Å². The van der Waals surface area contributed by atoms with E-state index in [1.54, 1.807) is 11.8 Å². The Morgan fingerprint density at radius 3 is 3.25 bits per heavy atom. The fourth-order valence-corrected chi connectivity index (χ4v) is 1.87. The van der Waals surface area contributed by atoms with Gasteiger partial charge in [-0.3, -0.25) is 0 Å². The van der Waals surface area contributed by atoms with Crippen LogP contribution in [0.25, 0.3) is 0 Å². The predicted octanol–water partition coefficient (Wildman–Crippen LogP) is 0.624. The van der Waals surface area contributed by atoms with E-state index in [4.69, 9.17) is 4.74 Å². The van der Waals surface area contributed by atoms with Crippen molar-refractivity contribution in [3.05, 3.63) is 22.7 Å². The average molecular weight is 184 g/mol. The Morgan fingerprint density at radius 1 is 1.58 bits per heavy atom. The normalized spacial score (nSPS) is 29.3. The van der Waals surface area contributed by atoms with E-state index < -0.39 is 0 Å². The fourth-order valence-electron chi connectivity index (χ4n) is 1.26. The van der Waals surface area contributed by atoms with Gasteiger partial charge in [0.05, 0.1) is 19.3 Å². The minimum Gasteiger partial charge on any atom is -0.378 e. The Balaban J connectivity index is 1.93. The van der Waals surface area contributed by atoms with Crippen molar-refractivity contribution >= 4 is 11.8 Å². The summed E-state index contributed by atoms with van der Waals surface area (Å²) in [5.74, 6) is 0. The van der Waals surface area contributed by atoms with Crippen molar-refractivity contribution in [3.8, 4) is 0 Å². The Labute approximate surface area is 76.2 Å². The molecule has 1 atom stereocenters. The third-order valence-corrected chi connectivity index (χ3v) is 2.57. The molecule has 0 aromatic heterocycles. The van der Waals surface area contributed by atoms with E-state index in [0.717, 1.165) is 19.8 Å². The van der Waals surface area contributed by atoms with Crippen molar-refractivity contribution in [1.82, 2.24) is 10.6 Å². The SMILES string of the molecule is C1=CSC=C(C2COCCN2)N1. The van der Waals surface area contributed by atoms with Crippen molar-refractivity contribution in [2.75, 3.05) is 19.8 Å². The van der Waals surface area contributed by atoms with Gasteiger partial charge in [-0.15, -0.1) is 11.8 Å². The van der Waals surface area contributed by atoms with Crippen molar-refractivity contribution < 1.29 is 4.74 Å². The van der Waals surface area contributed by atoms with E-state index in [0.29, 0.717) is 6.04 Å². The van der Waals surface area contributed by atoms with Crippen molar-refractivity contribution in [2.24, 2.45) is 0 Å². The summed E-state index contributed by atoms with van der Waals surface area (Å²) in [6, 6.07) is 0.344. The summed E-state index contributed by atoms with van der Waals surface area (Å²) in [6.45, 7) is 2.54. The maximum atomic E-state index is 5.36. The molecule has 66 valence electrons. The highest BCUT2D eigenvalue weighted by Gasteiger charge is 2.17. The number of thioether (sulfide) groups is 1. The maximum Gasteiger partial charge on any atom is 0.0716 e. The first-order chi connectivity index (χ1) is 5.97. The van der Waals surface area contributed by atoms with Crippen LogP contribution in [0.2, 0.25) is 0 Å². The molecule has 0 saturated carbocycles. The van der Waals surface area contributed by atoms with E-state index >= 15 is 0 Å². The monoisotopic (exact) mass is 184 g/mol. The number of rotatable bonds is 1. The molecule has 4 heteroatoms. The van der Waals surface area contributed by atoms with Gasteiger partial charge in [0.15, 0.2) is 0 Å². The van der Waals surface area contributed by atoms with Crippen LogP contribution >= 0.6 is 11.8 Å². The van der Waals surface area contributed by atoms with Gasteiger partial charge < -0.3 is 15.4 Å². The smallest absolute Gasteiger partial charge is 0.0716 e. The quantitative estimate of drug-likeness (QED) is 0.626. The molecular weight excluding hydrogens is 172 g/mol. The lowest BCUT2D eigenvalue weighted by Crippen LogP contribution is -2.45. The molecule has 2 aliphatic rings. The molecule has 0 aliphatic carbocycles. The summed E-state index contributed by atoms with van der Waals surface area (Å²) in [6.07, 6.45) is 1.95. The minimum absolute atomic E-state index is 0.344. The summed E-state index contributed by atoms with van der Waals surface area (Å²) in [7, 11) is 0. The Bertz CT molecular complexity index is 209. The van der Waals surface area contributed by atoms with Crippen molar-refractivity contribution in [1.29, 1.82) is 0 Å². The lowest BCUT2D eigenvalue weighted by molar-refractivity contribution is 0.0857. The Kier molecular flexibility index (Phi) is 2.71. The fraction of sp³-hybridized carbons (Fsp3) is 0.500. The highest BCUT2D eigenvalue weighted by atomic mass is 32.2.